The maximum atomic E-state index is 10.9. The second kappa shape index (κ2) is 5.27. The molecule has 5 heteroatoms. The van der Waals surface area contributed by atoms with Gasteiger partial charge >= 0.3 is 0 Å². The molecular weight excluding hydrogens is 308 g/mol. The zero-order chi connectivity index (χ0) is 17.4. The van der Waals surface area contributed by atoms with Crippen LogP contribution in [-0.4, -0.2) is 56.1 Å². The van der Waals surface area contributed by atoms with Crippen molar-refractivity contribution in [2.75, 3.05) is 0 Å². The van der Waals surface area contributed by atoms with Gasteiger partial charge in [0.15, 0.2) is 0 Å². The summed E-state index contributed by atoms with van der Waals surface area (Å²) < 4.78 is 0. The van der Waals surface area contributed by atoms with Gasteiger partial charge in [0, 0.05) is 0 Å². The first-order chi connectivity index (χ1) is 11.2. The molecule has 0 aromatic rings. The number of hydrogen-bond donors (Lipinski definition) is 5. The molecule has 24 heavy (non-hydrogen) atoms. The SMILES string of the molecule is C[C@]12CC[C@H]3[C@@H]([C@@H](O)C=C4[C@@H](O)[C@@H](O)CC[C@@]43C)[C@@H]1C[C@@H](O)[C@@H]2O. The van der Waals surface area contributed by atoms with Crippen molar-refractivity contribution in [1.29, 1.82) is 0 Å². The largest absolute Gasteiger partial charge is 0.390 e. The van der Waals surface area contributed by atoms with Crippen molar-refractivity contribution in [3.05, 3.63) is 11.6 Å². The third-order valence-electron chi connectivity index (χ3n) is 8.17. The average Bonchev–Trinajstić information content (AvgIpc) is 2.77. The Morgan fingerprint density at radius 3 is 2.33 bits per heavy atom. The Hall–Kier alpha value is -0.460. The number of aliphatic hydroxyl groups excluding tert-OH is 5. The first-order valence-corrected chi connectivity index (χ1v) is 9.32. The topological polar surface area (TPSA) is 101 Å². The van der Waals surface area contributed by atoms with Gasteiger partial charge in [-0.15, -0.1) is 0 Å². The zero-order valence-corrected chi connectivity index (χ0v) is 14.5. The first-order valence-electron chi connectivity index (χ1n) is 9.32. The first kappa shape index (κ1) is 17.0. The average molecular weight is 338 g/mol. The molecule has 0 unspecified atom stereocenters. The molecule has 136 valence electrons. The van der Waals surface area contributed by atoms with Crippen LogP contribution in [0.4, 0.5) is 0 Å². The van der Waals surface area contributed by atoms with E-state index in [0.29, 0.717) is 12.8 Å². The number of aliphatic hydroxyl groups is 5. The lowest BCUT2D eigenvalue weighted by Gasteiger charge is -2.59. The molecule has 0 bridgehead atoms. The van der Waals surface area contributed by atoms with Crippen molar-refractivity contribution in [3.63, 3.8) is 0 Å². The molecule has 10 atom stereocenters. The fraction of sp³-hybridized carbons (Fsp3) is 0.895. The Morgan fingerprint density at radius 1 is 0.917 bits per heavy atom. The summed E-state index contributed by atoms with van der Waals surface area (Å²) >= 11 is 0. The molecule has 0 amide bonds. The van der Waals surface area contributed by atoms with Gasteiger partial charge in [0.05, 0.1) is 24.4 Å². The summed E-state index contributed by atoms with van der Waals surface area (Å²) in [4.78, 5) is 0. The molecule has 0 saturated heterocycles. The highest BCUT2D eigenvalue weighted by Crippen LogP contribution is 2.64. The van der Waals surface area contributed by atoms with Crippen LogP contribution in [0, 0.1) is 28.6 Å². The second-order valence-electron chi connectivity index (χ2n) is 9.16. The highest BCUT2D eigenvalue weighted by molar-refractivity contribution is 5.31. The summed E-state index contributed by atoms with van der Waals surface area (Å²) in [5, 5.41) is 52.1. The van der Waals surface area contributed by atoms with E-state index in [-0.39, 0.29) is 28.6 Å². The quantitative estimate of drug-likeness (QED) is 0.416. The van der Waals surface area contributed by atoms with Crippen LogP contribution in [0.15, 0.2) is 11.6 Å². The van der Waals surface area contributed by atoms with Crippen molar-refractivity contribution in [2.45, 2.75) is 76.5 Å². The summed E-state index contributed by atoms with van der Waals surface area (Å²) in [6.45, 7) is 4.20. The van der Waals surface area contributed by atoms with Gasteiger partial charge in [-0.3, -0.25) is 0 Å². The second-order valence-corrected chi connectivity index (χ2v) is 9.16. The van der Waals surface area contributed by atoms with Crippen LogP contribution in [0.3, 0.4) is 0 Å². The molecule has 0 aliphatic heterocycles. The maximum Gasteiger partial charge on any atom is 0.101 e. The Balaban J connectivity index is 1.76. The highest BCUT2D eigenvalue weighted by Gasteiger charge is 2.63. The van der Waals surface area contributed by atoms with Crippen molar-refractivity contribution in [2.24, 2.45) is 28.6 Å². The van der Waals surface area contributed by atoms with Gasteiger partial charge in [0.25, 0.3) is 0 Å². The summed E-state index contributed by atoms with van der Waals surface area (Å²) in [5.74, 6) is 0.284. The molecule has 0 aromatic heterocycles. The summed E-state index contributed by atoms with van der Waals surface area (Å²) in [6.07, 6.45) is 1.57. The van der Waals surface area contributed by atoms with Crippen LogP contribution < -0.4 is 0 Å². The summed E-state index contributed by atoms with van der Waals surface area (Å²) in [6, 6.07) is 0. The molecular formula is C19H30O5. The molecule has 4 aliphatic carbocycles. The maximum absolute atomic E-state index is 10.9. The van der Waals surface area contributed by atoms with Gasteiger partial charge in [-0.1, -0.05) is 19.9 Å². The van der Waals surface area contributed by atoms with E-state index in [2.05, 4.69) is 6.92 Å². The lowest BCUT2D eigenvalue weighted by Crippen LogP contribution is -2.57. The normalized spacial score (nSPS) is 60.0. The Bertz CT molecular complexity index is 562. The van der Waals surface area contributed by atoms with E-state index in [1.54, 1.807) is 6.08 Å². The van der Waals surface area contributed by atoms with E-state index in [4.69, 9.17) is 0 Å². The van der Waals surface area contributed by atoms with Crippen molar-refractivity contribution < 1.29 is 25.5 Å². The molecule has 5 nitrogen and oxygen atoms in total. The smallest absolute Gasteiger partial charge is 0.101 e. The molecule has 4 rings (SSSR count). The molecule has 5 N–H and O–H groups in total. The molecule has 0 heterocycles. The predicted molar refractivity (Wildman–Crippen MR) is 87.9 cm³/mol. The van der Waals surface area contributed by atoms with E-state index in [1.165, 1.54) is 0 Å². The van der Waals surface area contributed by atoms with Crippen LogP contribution >= 0.6 is 0 Å². The van der Waals surface area contributed by atoms with Gasteiger partial charge in [-0.05, 0) is 66.3 Å². The van der Waals surface area contributed by atoms with Crippen LogP contribution in [0.1, 0.15) is 46.0 Å². The van der Waals surface area contributed by atoms with E-state index in [1.807, 2.05) is 6.92 Å². The van der Waals surface area contributed by atoms with E-state index in [0.717, 1.165) is 24.8 Å². The van der Waals surface area contributed by atoms with E-state index in [9.17, 15) is 25.5 Å². The molecule has 0 radical (unpaired) electrons. The van der Waals surface area contributed by atoms with Gasteiger partial charge in [-0.2, -0.15) is 0 Å². The fourth-order valence-corrected chi connectivity index (χ4v) is 6.68. The summed E-state index contributed by atoms with van der Waals surface area (Å²) in [5.41, 5.74) is 0.219. The van der Waals surface area contributed by atoms with E-state index < -0.39 is 30.5 Å². The van der Waals surface area contributed by atoms with Crippen LogP contribution in [0.5, 0.6) is 0 Å². The standard InChI is InChI=1S/C19H30O5/c1-18-6-4-12(20)16(23)11(18)8-13(21)15-9(18)3-5-19(2)10(15)7-14(22)17(19)24/h8-10,12-17,20-24H,3-7H2,1-2H3/t9-,10-,12-,13-,14+,15+,16+,17-,18+,19-/m0/s1. The highest BCUT2D eigenvalue weighted by atomic mass is 16.3. The van der Waals surface area contributed by atoms with Crippen LogP contribution in [0.2, 0.25) is 0 Å². The van der Waals surface area contributed by atoms with Crippen LogP contribution in [-0.2, 0) is 0 Å². The Morgan fingerprint density at radius 2 is 1.62 bits per heavy atom. The van der Waals surface area contributed by atoms with Gasteiger partial charge < -0.3 is 25.5 Å². The fourth-order valence-electron chi connectivity index (χ4n) is 6.68. The minimum Gasteiger partial charge on any atom is -0.390 e. The minimum absolute atomic E-state index is 0.00765. The van der Waals surface area contributed by atoms with Crippen LogP contribution in [0.25, 0.3) is 0 Å². The van der Waals surface area contributed by atoms with Crippen molar-refractivity contribution >= 4 is 0 Å². The third kappa shape index (κ3) is 1.99. The predicted octanol–water partition coefficient (Wildman–Crippen LogP) is 0.583. The minimum atomic E-state index is -0.896. The Kier molecular flexibility index (Phi) is 3.73. The lowest BCUT2D eigenvalue weighted by molar-refractivity contribution is -0.120. The molecule has 0 aromatic carbocycles. The molecule has 3 saturated carbocycles. The molecule has 4 aliphatic rings. The Labute approximate surface area is 143 Å². The number of rotatable bonds is 0. The number of fused-ring (bicyclic) bond motifs is 5. The monoisotopic (exact) mass is 338 g/mol. The van der Waals surface area contributed by atoms with Gasteiger partial charge in [-0.25, -0.2) is 0 Å². The molecule has 0 spiro atoms. The summed E-state index contributed by atoms with van der Waals surface area (Å²) in [7, 11) is 0. The van der Waals surface area contributed by atoms with Crippen molar-refractivity contribution in [3.8, 4) is 0 Å². The zero-order valence-electron chi connectivity index (χ0n) is 14.5. The lowest BCUT2D eigenvalue weighted by atomic mass is 9.47. The van der Waals surface area contributed by atoms with E-state index >= 15 is 0 Å². The number of hydrogen-bond acceptors (Lipinski definition) is 5. The third-order valence-corrected chi connectivity index (χ3v) is 8.17. The van der Waals surface area contributed by atoms with Gasteiger partial charge in [0.2, 0.25) is 0 Å². The van der Waals surface area contributed by atoms with Crippen molar-refractivity contribution in [1.82, 2.24) is 0 Å². The molecule has 3 fully saturated rings. The van der Waals surface area contributed by atoms with Gasteiger partial charge in [0.1, 0.15) is 6.10 Å².